The molecule has 0 saturated heterocycles. The van der Waals surface area contributed by atoms with Crippen molar-refractivity contribution in [2.45, 2.75) is 12.3 Å². The summed E-state index contributed by atoms with van der Waals surface area (Å²) < 4.78 is 19.3. The Balaban J connectivity index is 2.41. The normalized spacial score (nSPS) is 12.3. The summed E-state index contributed by atoms with van der Waals surface area (Å²) in [5.41, 5.74) is 2.62. The van der Waals surface area contributed by atoms with Crippen LogP contribution in [0.4, 0.5) is 4.39 Å². The molecule has 0 aliphatic rings. The third-order valence-electron chi connectivity index (χ3n) is 2.94. The van der Waals surface area contributed by atoms with Gasteiger partial charge in [-0.1, -0.05) is 28.1 Å². The second-order valence-electron chi connectivity index (χ2n) is 4.26. The van der Waals surface area contributed by atoms with Crippen molar-refractivity contribution in [3.05, 3.63) is 63.4 Å². The summed E-state index contributed by atoms with van der Waals surface area (Å²) in [5.74, 6) is 0.514. The Kier molecular flexibility index (Phi) is 4.48. The highest BCUT2D eigenvalue weighted by atomic mass is 79.9. The maximum atomic E-state index is 13.3. The molecule has 4 heteroatoms. The first-order valence-corrected chi connectivity index (χ1v) is 6.99. The zero-order chi connectivity index (χ0) is 14.0. The average Bonchev–Trinajstić information content (AvgIpc) is 2.40. The molecule has 2 rings (SSSR count). The molecule has 0 fully saturated rings. The van der Waals surface area contributed by atoms with Crippen LogP contribution in [-0.4, -0.2) is 7.11 Å². The van der Waals surface area contributed by atoms with Crippen LogP contribution in [0.5, 0.6) is 5.75 Å². The predicted octanol–water partition coefficient (Wildman–Crippen LogP) is 5.23. The van der Waals surface area contributed by atoms with E-state index in [0.717, 1.165) is 21.3 Å². The molecule has 0 saturated carbocycles. The van der Waals surface area contributed by atoms with E-state index >= 15 is 0 Å². The maximum absolute atomic E-state index is 13.3. The average molecular weight is 344 g/mol. The van der Waals surface area contributed by atoms with Crippen LogP contribution in [-0.2, 0) is 0 Å². The van der Waals surface area contributed by atoms with E-state index < -0.39 is 5.38 Å². The molecule has 0 bridgehead atoms. The Morgan fingerprint density at radius 1 is 1.21 bits per heavy atom. The minimum Gasteiger partial charge on any atom is -0.496 e. The van der Waals surface area contributed by atoms with Crippen LogP contribution >= 0.6 is 27.5 Å². The molecular weight excluding hydrogens is 331 g/mol. The third-order valence-corrected chi connectivity index (χ3v) is 4.15. The lowest BCUT2D eigenvalue weighted by molar-refractivity contribution is 0.411. The standard InChI is InChI=1S/C15H13BrClFO/c1-9-7-10(3-6-14(9)19-2)15(17)12-8-11(18)4-5-13(12)16/h3-8,15H,1-2H3. The molecule has 0 N–H and O–H groups in total. The van der Waals surface area contributed by atoms with Crippen LogP contribution in [0.25, 0.3) is 0 Å². The number of ether oxygens (including phenoxy) is 1. The summed E-state index contributed by atoms with van der Waals surface area (Å²) in [6.45, 7) is 1.95. The molecule has 0 aromatic heterocycles. The molecule has 0 aliphatic heterocycles. The van der Waals surface area contributed by atoms with Gasteiger partial charge < -0.3 is 4.74 Å². The zero-order valence-corrected chi connectivity index (χ0v) is 12.9. The maximum Gasteiger partial charge on any atom is 0.123 e. The molecule has 1 atom stereocenters. The molecule has 0 amide bonds. The van der Waals surface area contributed by atoms with Gasteiger partial charge in [0.05, 0.1) is 12.5 Å². The minimum absolute atomic E-state index is 0.297. The van der Waals surface area contributed by atoms with E-state index in [4.69, 9.17) is 16.3 Å². The van der Waals surface area contributed by atoms with Crippen molar-refractivity contribution in [1.29, 1.82) is 0 Å². The van der Waals surface area contributed by atoms with Crippen molar-refractivity contribution in [2.24, 2.45) is 0 Å². The minimum atomic E-state index is -0.408. The molecular formula is C15H13BrClFO. The van der Waals surface area contributed by atoms with Crippen LogP contribution in [0.2, 0.25) is 0 Å². The second-order valence-corrected chi connectivity index (χ2v) is 5.55. The van der Waals surface area contributed by atoms with Crippen molar-refractivity contribution < 1.29 is 9.13 Å². The zero-order valence-electron chi connectivity index (χ0n) is 10.6. The molecule has 0 spiro atoms. The van der Waals surface area contributed by atoms with Gasteiger partial charge in [0.2, 0.25) is 0 Å². The van der Waals surface area contributed by atoms with E-state index in [1.54, 1.807) is 13.2 Å². The largest absolute Gasteiger partial charge is 0.496 e. The fourth-order valence-electron chi connectivity index (χ4n) is 1.95. The Bertz CT molecular complexity index is 601. The Morgan fingerprint density at radius 2 is 1.95 bits per heavy atom. The lowest BCUT2D eigenvalue weighted by atomic mass is 10.0. The number of aryl methyl sites for hydroxylation is 1. The summed E-state index contributed by atoms with van der Waals surface area (Å²) in [7, 11) is 1.63. The van der Waals surface area contributed by atoms with Crippen LogP contribution in [0.1, 0.15) is 22.1 Å². The van der Waals surface area contributed by atoms with Gasteiger partial charge in [-0.2, -0.15) is 0 Å². The van der Waals surface area contributed by atoms with E-state index in [1.165, 1.54) is 12.1 Å². The molecule has 2 aromatic rings. The van der Waals surface area contributed by atoms with Gasteiger partial charge in [-0.15, -0.1) is 11.6 Å². The lowest BCUT2D eigenvalue weighted by Crippen LogP contribution is -1.97. The first kappa shape index (κ1) is 14.4. The van der Waals surface area contributed by atoms with Crippen LogP contribution in [0, 0.1) is 12.7 Å². The molecule has 0 radical (unpaired) electrons. The van der Waals surface area contributed by atoms with Gasteiger partial charge in [0, 0.05) is 4.47 Å². The number of halogens is 3. The van der Waals surface area contributed by atoms with Gasteiger partial charge in [-0.05, 0) is 47.9 Å². The fraction of sp³-hybridized carbons (Fsp3) is 0.200. The van der Waals surface area contributed by atoms with Gasteiger partial charge in [0.15, 0.2) is 0 Å². The van der Waals surface area contributed by atoms with E-state index in [0.29, 0.717) is 5.56 Å². The highest BCUT2D eigenvalue weighted by molar-refractivity contribution is 9.10. The molecule has 0 heterocycles. The first-order valence-electron chi connectivity index (χ1n) is 5.76. The monoisotopic (exact) mass is 342 g/mol. The van der Waals surface area contributed by atoms with Crippen molar-refractivity contribution in [2.75, 3.05) is 7.11 Å². The molecule has 1 nitrogen and oxygen atoms in total. The van der Waals surface area contributed by atoms with Gasteiger partial charge in [-0.25, -0.2) is 4.39 Å². The quantitative estimate of drug-likeness (QED) is 0.693. The van der Waals surface area contributed by atoms with Crippen LogP contribution in [0.3, 0.4) is 0 Å². The fourth-order valence-corrected chi connectivity index (χ4v) is 2.87. The van der Waals surface area contributed by atoms with Crippen LogP contribution < -0.4 is 4.74 Å². The van der Waals surface area contributed by atoms with Crippen molar-refractivity contribution in [1.82, 2.24) is 0 Å². The van der Waals surface area contributed by atoms with E-state index in [1.807, 2.05) is 25.1 Å². The SMILES string of the molecule is COc1ccc(C(Cl)c2cc(F)ccc2Br)cc1C. The summed E-state index contributed by atoms with van der Waals surface area (Å²) in [5, 5.41) is -0.408. The number of hydrogen-bond donors (Lipinski definition) is 0. The Morgan fingerprint density at radius 3 is 2.58 bits per heavy atom. The van der Waals surface area contributed by atoms with Gasteiger partial charge in [-0.3, -0.25) is 0 Å². The van der Waals surface area contributed by atoms with Gasteiger partial charge in [0.1, 0.15) is 11.6 Å². The lowest BCUT2D eigenvalue weighted by Gasteiger charge is -2.14. The number of methoxy groups -OCH3 is 1. The third kappa shape index (κ3) is 3.10. The Hall–Kier alpha value is -1.06. The summed E-state index contributed by atoms with van der Waals surface area (Å²) in [6.07, 6.45) is 0. The molecule has 1 unspecified atom stereocenters. The van der Waals surface area contributed by atoms with E-state index in [2.05, 4.69) is 15.9 Å². The summed E-state index contributed by atoms with van der Waals surface area (Å²) in [6, 6.07) is 10.2. The van der Waals surface area contributed by atoms with Gasteiger partial charge >= 0.3 is 0 Å². The smallest absolute Gasteiger partial charge is 0.123 e. The predicted molar refractivity (Wildman–Crippen MR) is 79.5 cm³/mol. The highest BCUT2D eigenvalue weighted by Crippen LogP contribution is 2.35. The van der Waals surface area contributed by atoms with E-state index in [9.17, 15) is 4.39 Å². The van der Waals surface area contributed by atoms with Crippen molar-refractivity contribution in [3.8, 4) is 5.75 Å². The number of benzene rings is 2. The van der Waals surface area contributed by atoms with E-state index in [-0.39, 0.29) is 5.82 Å². The van der Waals surface area contributed by atoms with Crippen molar-refractivity contribution in [3.63, 3.8) is 0 Å². The molecule has 100 valence electrons. The number of hydrogen-bond acceptors (Lipinski definition) is 1. The van der Waals surface area contributed by atoms with Crippen molar-refractivity contribution >= 4 is 27.5 Å². The molecule has 2 aromatic carbocycles. The topological polar surface area (TPSA) is 9.23 Å². The second kappa shape index (κ2) is 5.93. The summed E-state index contributed by atoms with van der Waals surface area (Å²) >= 11 is 9.84. The number of alkyl halides is 1. The highest BCUT2D eigenvalue weighted by Gasteiger charge is 2.16. The Labute approximate surface area is 125 Å². The van der Waals surface area contributed by atoms with Gasteiger partial charge in [0.25, 0.3) is 0 Å². The van der Waals surface area contributed by atoms with Crippen LogP contribution in [0.15, 0.2) is 40.9 Å². The number of rotatable bonds is 3. The first-order chi connectivity index (χ1) is 9.02. The molecule has 0 aliphatic carbocycles. The summed E-state index contributed by atoms with van der Waals surface area (Å²) in [4.78, 5) is 0. The molecule has 19 heavy (non-hydrogen) atoms.